The standard InChI is InChI=1S/2C3H5.C2H4O2.Pd/c2*1-3-2;1-2(3)4;/h2*3H,1-2H2;1H3,(H,3,4);/q2*-1;;/p-1. The third kappa shape index (κ3) is 1210. The number of aliphatic carboxylic acids is 1. The number of allylic oxidation sites excluding steroid dienone is 2. The summed E-state index contributed by atoms with van der Waals surface area (Å²) < 4.78 is 0. The third-order valence-electron chi connectivity index (χ3n) is 0. The number of carboxylic acids is 1. The van der Waals surface area contributed by atoms with Crippen molar-refractivity contribution in [2.45, 2.75) is 6.92 Å². The summed E-state index contributed by atoms with van der Waals surface area (Å²) in [6, 6.07) is 0. The second kappa shape index (κ2) is 34.4. The van der Waals surface area contributed by atoms with Crippen LogP contribution in [0, 0.1) is 13.8 Å². The number of hydrogen-bond acceptors (Lipinski definition) is 2. The van der Waals surface area contributed by atoms with Gasteiger partial charge in [-0.05, 0) is 6.92 Å². The van der Waals surface area contributed by atoms with Crippen molar-refractivity contribution in [1.29, 1.82) is 0 Å². The quantitative estimate of drug-likeness (QED) is 0.469. The van der Waals surface area contributed by atoms with Gasteiger partial charge in [-0.1, -0.05) is 0 Å². The predicted octanol–water partition coefficient (Wildman–Crippen LogP) is 0.767. The normalized spacial score (nSPS) is 4.45. The first kappa shape index (κ1) is 22.4. The SMILES string of the molecule is C=C[CH2-].C=C[CH2-].CC(=O)[O-].[Pd]. The zero-order chi connectivity index (χ0) is 8.99. The van der Waals surface area contributed by atoms with Crippen molar-refractivity contribution in [3.63, 3.8) is 0 Å². The summed E-state index contributed by atoms with van der Waals surface area (Å²) in [7, 11) is 0. The van der Waals surface area contributed by atoms with E-state index in [9.17, 15) is 0 Å². The van der Waals surface area contributed by atoms with Gasteiger partial charge >= 0.3 is 0 Å². The molecule has 70 valence electrons. The van der Waals surface area contributed by atoms with E-state index in [0.717, 1.165) is 6.92 Å². The first-order valence-electron chi connectivity index (χ1n) is 2.54. The molecule has 0 aliphatic heterocycles. The molecule has 0 fully saturated rings. The summed E-state index contributed by atoms with van der Waals surface area (Å²) in [6.45, 7) is 14.0. The van der Waals surface area contributed by atoms with Crippen LogP contribution in [0.15, 0.2) is 25.3 Å². The van der Waals surface area contributed by atoms with Crippen LogP contribution in [0.25, 0.3) is 0 Å². The van der Waals surface area contributed by atoms with Crippen LogP contribution in [0.3, 0.4) is 0 Å². The van der Waals surface area contributed by atoms with Gasteiger partial charge in [-0.2, -0.15) is 0 Å². The Labute approximate surface area is 82.7 Å². The fourth-order valence-electron chi connectivity index (χ4n) is 0. The van der Waals surface area contributed by atoms with Crippen LogP contribution in [0.2, 0.25) is 0 Å². The fourth-order valence-corrected chi connectivity index (χ4v) is 0. The van der Waals surface area contributed by atoms with E-state index in [1.807, 2.05) is 0 Å². The second-order valence-electron chi connectivity index (χ2n) is 1.07. The molecule has 0 unspecified atom stereocenters. The molecule has 0 atom stereocenters. The molecule has 0 amide bonds. The zero-order valence-corrected chi connectivity index (χ0v) is 8.17. The van der Waals surface area contributed by atoms with Crippen LogP contribution in [-0.4, -0.2) is 5.97 Å². The maximum absolute atomic E-state index is 8.89. The molecule has 3 heteroatoms. The number of hydrogen-bond donors (Lipinski definition) is 0. The van der Waals surface area contributed by atoms with Gasteiger partial charge in [0.15, 0.2) is 0 Å². The minimum atomic E-state index is -1.08. The van der Waals surface area contributed by atoms with Crippen molar-refractivity contribution in [2.24, 2.45) is 0 Å². The van der Waals surface area contributed by atoms with E-state index in [-0.39, 0.29) is 20.4 Å². The molecular formula is C8H13O2Pd-3. The molecule has 2 nitrogen and oxygen atoms in total. The molecule has 0 saturated heterocycles. The van der Waals surface area contributed by atoms with E-state index in [0.29, 0.717) is 0 Å². The van der Waals surface area contributed by atoms with E-state index in [2.05, 4.69) is 27.0 Å². The van der Waals surface area contributed by atoms with Crippen LogP contribution in [-0.2, 0) is 25.2 Å². The average molecular weight is 248 g/mol. The van der Waals surface area contributed by atoms with Gasteiger partial charge < -0.3 is 9.90 Å². The topological polar surface area (TPSA) is 40.1 Å². The summed E-state index contributed by atoms with van der Waals surface area (Å²) in [5.74, 6) is -1.08. The Morgan fingerprint density at radius 1 is 1.36 bits per heavy atom. The van der Waals surface area contributed by atoms with Crippen molar-refractivity contribution in [2.75, 3.05) is 0 Å². The largest absolute Gasteiger partial charge is 0.550 e. The van der Waals surface area contributed by atoms with E-state index in [4.69, 9.17) is 9.90 Å². The van der Waals surface area contributed by atoms with Crippen molar-refractivity contribution in [3.05, 3.63) is 39.2 Å². The maximum Gasteiger partial charge on any atom is 0.0383 e. The molecule has 0 bridgehead atoms. The molecule has 0 radical (unpaired) electrons. The van der Waals surface area contributed by atoms with E-state index < -0.39 is 5.97 Å². The van der Waals surface area contributed by atoms with E-state index in [1.54, 1.807) is 0 Å². The van der Waals surface area contributed by atoms with Crippen LogP contribution in [0.1, 0.15) is 6.92 Å². The predicted molar refractivity (Wildman–Crippen MR) is 41.8 cm³/mol. The fraction of sp³-hybridized carbons (Fsp3) is 0.125. The zero-order valence-electron chi connectivity index (χ0n) is 6.62. The third-order valence-corrected chi connectivity index (χ3v) is 0. The average Bonchev–Trinajstić information content (AvgIpc) is 1.65. The Morgan fingerprint density at radius 3 is 1.36 bits per heavy atom. The maximum atomic E-state index is 8.89. The Morgan fingerprint density at radius 2 is 1.36 bits per heavy atom. The summed E-state index contributed by atoms with van der Waals surface area (Å²) in [6.07, 6.45) is 3.00. The molecule has 0 heterocycles. The van der Waals surface area contributed by atoms with Crippen LogP contribution in [0.4, 0.5) is 0 Å². The van der Waals surface area contributed by atoms with Gasteiger partial charge in [-0.15, -0.1) is 0 Å². The molecule has 0 rings (SSSR count). The van der Waals surface area contributed by atoms with Gasteiger partial charge in [0.1, 0.15) is 0 Å². The van der Waals surface area contributed by atoms with Crippen molar-refractivity contribution < 1.29 is 30.3 Å². The van der Waals surface area contributed by atoms with E-state index >= 15 is 0 Å². The van der Waals surface area contributed by atoms with Gasteiger partial charge in [0.05, 0.1) is 0 Å². The molecule has 0 aromatic carbocycles. The number of carbonyl (C=O) groups is 1. The summed E-state index contributed by atoms with van der Waals surface area (Å²) in [5.41, 5.74) is 0. The van der Waals surface area contributed by atoms with E-state index in [1.165, 1.54) is 12.2 Å². The van der Waals surface area contributed by atoms with Gasteiger partial charge in [0.2, 0.25) is 0 Å². The molecule has 0 saturated carbocycles. The first-order chi connectivity index (χ1) is 4.56. The summed E-state index contributed by atoms with van der Waals surface area (Å²) >= 11 is 0. The van der Waals surface area contributed by atoms with Crippen LogP contribution >= 0.6 is 0 Å². The summed E-state index contributed by atoms with van der Waals surface area (Å²) in [4.78, 5) is 8.89. The monoisotopic (exact) mass is 247 g/mol. The Kier molecular flexibility index (Phi) is 70.3. The smallest absolute Gasteiger partial charge is 0.0383 e. The van der Waals surface area contributed by atoms with Gasteiger partial charge in [-0.25, -0.2) is 39.2 Å². The molecule has 0 aliphatic rings. The molecule has 0 aromatic rings. The first-order valence-corrected chi connectivity index (χ1v) is 2.54. The molecular weight excluding hydrogens is 235 g/mol. The minimum absolute atomic E-state index is 0. The van der Waals surface area contributed by atoms with Crippen molar-refractivity contribution in [1.82, 2.24) is 0 Å². The molecule has 0 aliphatic carbocycles. The number of rotatable bonds is 0. The van der Waals surface area contributed by atoms with Gasteiger partial charge in [0, 0.05) is 26.4 Å². The summed E-state index contributed by atoms with van der Waals surface area (Å²) in [5, 5.41) is 8.89. The molecule has 11 heavy (non-hydrogen) atoms. The van der Waals surface area contributed by atoms with Crippen LogP contribution < -0.4 is 5.11 Å². The Bertz CT molecular complexity index is 80.1. The molecule has 0 N–H and O–H groups in total. The van der Waals surface area contributed by atoms with Crippen molar-refractivity contribution in [3.8, 4) is 0 Å². The van der Waals surface area contributed by atoms with Gasteiger partial charge in [0.25, 0.3) is 0 Å². The minimum Gasteiger partial charge on any atom is -0.550 e. The van der Waals surface area contributed by atoms with Crippen LogP contribution in [0.5, 0.6) is 0 Å². The molecule has 0 spiro atoms. The molecule has 0 aromatic heterocycles. The number of carbonyl (C=O) groups excluding carboxylic acids is 1. The van der Waals surface area contributed by atoms with Gasteiger partial charge in [-0.3, -0.25) is 0 Å². The van der Waals surface area contributed by atoms with Crippen molar-refractivity contribution >= 4 is 5.97 Å². The number of carboxylic acid groups (broad SMARTS) is 1. The second-order valence-corrected chi connectivity index (χ2v) is 1.07. The Balaban J connectivity index is -0.0000000325. The Hall–Kier alpha value is -0.648.